The van der Waals surface area contributed by atoms with Crippen molar-refractivity contribution in [1.29, 1.82) is 0 Å². The van der Waals surface area contributed by atoms with Crippen molar-refractivity contribution in [1.82, 2.24) is 15.5 Å². The second-order valence-corrected chi connectivity index (χ2v) is 10.1. The van der Waals surface area contributed by atoms with Crippen molar-refractivity contribution >= 4 is 12.1 Å². The van der Waals surface area contributed by atoms with E-state index >= 15 is 0 Å². The molecule has 3 fully saturated rings. The van der Waals surface area contributed by atoms with Crippen molar-refractivity contribution in [2.75, 3.05) is 13.1 Å². The summed E-state index contributed by atoms with van der Waals surface area (Å²) >= 11 is 0. The summed E-state index contributed by atoms with van der Waals surface area (Å²) < 4.78 is 5.63. The Labute approximate surface area is 175 Å². The molecule has 2 aliphatic heterocycles. The second-order valence-electron chi connectivity index (χ2n) is 10.1. The molecule has 0 radical (unpaired) electrons. The van der Waals surface area contributed by atoms with Gasteiger partial charge in [-0.25, -0.2) is 4.79 Å². The molecule has 2 bridgehead atoms. The van der Waals surface area contributed by atoms with Gasteiger partial charge in [0.25, 0.3) is 0 Å². The molecule has 0 aromatic carbocycles. The third kappa shape index (κ3) is 6.00. The summed E-state index contributed by atoms with van der Waals surface area (Å²) in [5.74, 6) is 0.779. The fraction of sp³-hybridized carbons (Fsp3) is 0.909. The molecule has 29 heavy (non-hydrogen) atoms. The Morgan fingerprint density at radius 1 is 1.17 bits per heavy atom. The van der Waals surface area contributed by atoms with Gasteiger partial charge in [0, 0.05) is 24.7 Å². The Hall–Kier alpha value is -1.50. The number of carbonyl (C=O) groups excluding carboxylic acids is 1. The van der Waals surface area contributed by atoms with E-state index in [2.05, 4.69) is 17.6 Å². The predicted molar refractivity (Wildman–Crippen MR) is 115 cm³/mol. The Balaban J connectivity index is 1.58. The monoisotopic (exact) mass is 408 g/mol. The lowest BCUT2D eigenvalue weighted by Gasteiger charge is -2.40. The number of rotatable bonds is 4. The molecule has 2 saturated heterocycles. The largest absolute Gasteiger partial charge is 0.444 e. The van der Waals surface area contributed by atoms with E-state index in [1.165, 1.54) is 6.42 Å². The van der Waals surface area contributed by atoms with Crippen LogP contribution in [0.3, 0.4) is 0 Å². The SMILES string of the molecule is CCNC(=NCC1(O)CCCCC1)NC1CC2CCC(C1)N2C(=O)OC(C)(C)C. The van der Waals surface area contributed by atoms with Gasteiger partial charge in [-0.15, -0.1) is 0 Å². The number of piperidine rings is 1. The predicted octanol–water partition coefficient (Wildman–Crippen LogP) is 3.17. The van der Waals surface area contributed by atoms with Gasteiger partial charge in [0.15, 0.2) is 5.96 Å². The van der Waals surface area contributed by atoms with E-state index in [-0.39, 0.29) is 24.2 Å². The quantitative estimate of drug-likeness (QED) is 0.491. The zero-order valence-corrected chi connectivity index (χ0v) is 18.7. The van der Waals surface area contributed by atoms with Crippen LogP contribution in [0.1, 0.15) is 85.5 Å². The van der Waals surface area contributed by atoms with E-state index in [1.807, 2.05) is 25.7 Å². The fourth-order valence-corrected chi connectivity index (χ4v) is 5.02. The Morgan fingerprint density at radius 3 is 2.34 bits per heavy atom. The number of nitrogens with zero attached hydrogens (tertiary/aromatic N) is 2. The highest BCUT2D eigenvalue weighted by Crippen LogP contribution is 2.37. The van der Waals surface area contributed by atoms with E-state index in [1.54, 1.807) is 0 Å². The molecule has 0 spiro atoms. The minimum Gasteiger partial charge on any atom is -0.444 e. The fourth-order valence-electron chi connectivity index (χ4n) is 5.02. The molecule has 2 unspecified atom stereocenters. The van der Waals surface area contributed by atoms with Gasteiger partial charge in [-0.2, -0.15) is 0 Å². The molecule has 1 aliphatic carbocycles. The highest BCUT2D eigenvalue weighted by molar-refractivity contribution is 5.80. The Morgan fingerprint density at radius 2 is 1.79 bits per heavy atom. The topological polar surface area (TPSA) is 86.2 Å². The molecule has 7 nitrogen and oxygen atoms in total. The van der Waals surface area contributed by atoms with Crippen LogP contribution in [-0.4, -0.2) is 64.5 Å². The maximum Gasteiger partial charge on any atom is 0.410 e. The van der Waals surface area contributed by atoms with Gasteiger partial charge in [-0.05, 0) is 66.2 Å². The third-order valence-corrected chi connectivity index (χ3v) is 6.34. The van der Waals surface area contributed by atoms with Crippen molar-refractivity contribution in [3.63, 3.8) is 0 Å². The molecule has 166 valence electrons. The molecule has 0 aromatic heterocycles. The molecule has 3 rings (SSSR count). The van der Waals surface area contributed by atoms with Crippen LogP contribution < -0.4 is 10.6 Å². The van der Waals surface area contributed by atoms with Crippen LogP contribution in [0, 0.1) is 0 Å². The van der Waals surface area contributed by atoms with Crippen LogP contribution >= 0.6 is 0 Å². The van der Waals surface area contributed by atoms with E-state index in [0.29, 0.717) is 6.54 Å². The first-order valence-corrected chi connectivity index (χ1v) is 11.5. The average molecular weight is 409 g/mol. The first kappa shape index (κ1) is 22.2. The van der Waals surface area contributed by atoms with Gasteiger partial charge in [0.2, 0.25) is 0 Å². The highest BCUT2D eigenvalue weighted by atomic mass is 16.6. The second kappa shape index (κ2) is 9.11. The standard InChI is InChI=1S/C22H40N4O3/c1-5-23-19(24-15-22(28)11-7-6-8-12-22)25-16-13-17-9-10-18(14-16)26(17)20(27)29-21(2,3)4/h16-18,28H,5-15H2,1-4H3,(H2,23,24,25). The molecule has 3 aliphatic rings. The number of amides is 1. The summed E-state index contributed by atoms with van der Waals surface area (Å²) in [7, 11) is 0. The summed E-state index contributed by atoms with van der Waals surface area (Å²) in [4.78, 5) is 19.3. The lowest BCUT2D eigenvalue weighted by atomic mass is 9.85. The lowest BCUT2D eigenvalue weighted by Crippen LogP contribution is -2.55. The minimum atomic E-state index is -0.653. The first-order valence-electron chi connectivity index (χ1n) is 11.5. The number of guanidine groups is 1. The van der Waals surface area contributed by atoms with Crippen LogP contribution in [0.25, 0.3) is 0 Å². The zero-order chi connectivity index (χ0) is 21.1. The molecule has 3 N–H and O–H groups in total. The van der Waals surface area contributed by atoms with Crippen molar-refractivity contribution in [3.8, 4) is 0 Å². The van der Waals surface area contributed by atoms with Gasteiger partial charge in [-0.3, -0.25) is 4.99 Å². The summed E-state index contributed by atoms with van der Waals surface area (Å²) in [5, 5.41) is 17.7. The van der Waals surface area contributed by atoms with Gasteiger partial charge in [0.1, 0.15) is 5.60 Å². The molecule has 0 aromatic rings. The number of ether oxygens (including phenoxy) is 1. The van der Waals surface area contributed by atoms with Gasteiger partial charge >= 0.3 is 6.09 Å². The summed E-state index contributed by atoms with van der Waals surface area (Å²) in [6.45, 7) is 9.04. The highest BCUT2D eigenvalue weighted by Gasteiger charge is 2.45. The molecule has 2 atom stereocenters. The Kier molecular flexibility index (Phi) is 6.97. The van der Waals surface area contributed by atoms with Crippen molar-refractivity contribution in [3.05, 3.63) is 0 Å². The summed E-state index contributed by atoms with van der Waals surface area (Å²) in [6, 6.07) is 0.739. The van der Waals surface area contributed by atoms with Crippen LogP contribution in [0.4, 0.5) is 4.79 Å². The Bertz CT molecular complexity index is 581. The number of aliphatic imine (C=N–C) groups is 1. The summed E-state index contributed by atoms with van der Waals surface area (Å²) in [5.41, 5.74) is -1.12. The van der Waals surface area contributed by atoms with Crippen molar-refractivity contribution < 1.29 is 14.6 Å². The number of fused-ring (bicyclic) bond motifs is 2. The first-order chi connectivity index (χ1) is 13.7. The molecule has 7 heteroatoms. The number of hydrogen-bond acceptors (Lipinski definition) is 4. The molecule has 2 heterocycles. The van der Waals surface area contributed by atoms with Crippen LogP contribution in [-0.2, 0) is 4.74 Å². The molecule has 1 amide bonds. The van der Waals surface area contributed by atoms with Crippen molar-refractivity contribution in [2.24, 2.45) is 4.99 Å². The van der Waals surface area contributed by atoms with Crippen LogP contribution in [0.2, 0.25) is 0 Å². The van der Waals surface area contributed by atoms with Crippen LogP contribution in [0.5, 0.6) is 0 Å². The number of carbonyl (C=O) groups is 1. The normalized spacial score (nSPS) is 29.5. The van der Waals surface area contributed by atoms with Gasteiger partial charge in [0.05, 0.1) is 12.1 Å². The lowest BCUT2D eigenvalue weighted by molar-refractivity contribution is 0.00516. The number of aliphatic hydroxyl groups is 1. The molecular weight excluding hydrogens is 368 g/mol. The van der Waals surface area contributed by atoms with Gasteiger partial charge < -0.3 is 25.4 Å². The van der Waals surface area contributed by atoms with Crippen LogP contribution in [0.15, 0.2) is 4.99 Å². The summed E-state index contributed by atoms with van der Waals surface area (Å²) in [6.07, 6.45) is 8.78. The third-order valence-electron chi connectivity index (χ3n) is 6.34. The maximum absolute atomic E-state index is 12.6. The maximum atomic E-state index is 12.6. The minimum absolute atomic E-state index is 0.177. The number of hydrogen-bond donors (Lipinski definition) is 3. The van der Waals surface area contributed by atoms with E-state index in [9.17, 15) is 9.90 Å². The zero-order valence-electron chi connectivity index (χ0n) is 18.7. The average Bonchev–Trinajstić information content (AvgIpc) is 2.90. The van der Waals surface area contributed by atoms with Gasteiger partial charge in [-0.1, -0.05) is 19.3 Å². The smallest absolute Gasteiger partial charge is 0.410 e. The van der Waals surface area contributed by atoms with E-state index < -0.39 is 11.2 Å². The van der Waals surface area contributed by atoms with E-state index in [4.69, 9.17) is 9.73 Å². The number of nitrogens with one attached hydrogen (secondary N) is 2. The van der Waals surface area contributed by atoms with Crippen molar-refractivity contribution in [2.45, 2.75) is 115 Å². The van der Waals surface area contributed by atoms with E-state index in [0.717, 1.165) is 63.9 Å². The molecular formula is C22H40N4O3. The molecule has 1 saturated carbocycles.